The van der Waals surface area contributed by atoms with E-state index in [2.05, 4.69) is 0 Å². The van der Waals surface area contributed by atoms with Gasteiger partial charge in [-0.25, -0.2) is 9.18 Å². The number of fused-ring (bicyclic) bond motifs is 1. The molecule has 4 nitrogen and oxygen atoms in total. The van der Waals surface area contributed by atoms with Gasteiger partial charge in [0.15, 0.2) is 6.79 Å². The van der Waals surface area contributed by atoms with Gasteiger partial charge in [0.1, 0.15) is 17.1 Å². The normalized spacial score (nSPS) is 13.9. The summed E-state index contributed by atoms with van der Waals surface area (Å²) in [6, 6.07) is 2.40. The van der Waals surface area contributed by atoms with Gasteiger partial charge in [-0.05, 0) is 19.1 Å². The molecule has 0 saturated carbocycles. The molecule has 1 heterocycles. The van der Waals surface area contributed by atoms with Crippen LogP contribution in [0.2, 0.25) is 0 Å². The van der Waals surface area contributed by atoms with E-state index in [1.54, 1.807) is 6.92 Å². The molecule has 0 atom stereocenters. The van der Waals surface area contributed by atoms with E-state index in [0.29, 0.717) is 11.3 Å². The quantitative estimate of drug-likeness (QED) is 0.722. The van der Waals surface area contributed by atoms with Gasteiger partial charge in [0.2, 0.25) is 0 Å². The van der Waals surface area contributed by atoms with Crippen molar-refractivity contribution in [3.05, 3.63) is 29.1 Å². The molecule has 0 aliphatic carbocycles. The average Bonchev–Trinajstić information content (AvgIpc) is 2.28. The number of hydrogen-bond acceptors (Lipinski definition) is 4. The fourth-order valence-corrected chi connectivity index (χ4v) is 1.54. The highest BCUT2D eigenvalue weighted by Crippen LogP contribution is 2.29. The van der Waals surface area contributed by atoms with Crippen LogP contribution >= 0.6 is 0 Å². The van der Waals surface area contributed by atoms with Gasteiger partial charge in [-0.1, -0.05) is 0 Å². The van der Waals surface area contributed by atoms with E-state index in [-0.39, 0.29) is 25.6 Å². The van der Waals surface area contributed by atoms with Gasteiger partial charge in [0.05, 0.1) is 13.2 Å². The van der Waals surface area contributed by atoms with Crippen LogP contribution in [0.4, 0.5) is 4.39 Å². The molecule has 0 saturated heterocycles. The molecule has 1 aromatic rings. The highest BCUT2D eigenvalue weighted by molar-refractivity contribution is 5.93. The fraction of sp³-hybridized carbons (Fsp3) is 0.364. The van der Waals surface area contributed by atoms with Gasteiger partial charge in [-0.2, -0.15) is 0 Å². The maximum Gasteiger partial charge on any atom is 0.342 e. The Balaban J connectivity index is 2.43. The van der Waals surface area contributed by atoms with Gasteiger partial charge < -0.3 is 14.2 Å². The van der Waals surface area contributed by atoms with Gasteiger partial charge in [0, 0.05) is 5.56 Å². The van der Waals surface area contributed by atoms with Crippen LogP contribution in [0.1, 0.15) is 22.8 Å². The maximum atomic E-state index is 13.2. The van der Waals surface area contributed by atoms with Crippen molar-refractivity contribution < 1.29 is 23.4 Å². The Bertz CT molecular complexity index is 417. The molecule has 0 N–H and O–H groups in total. The highest BCUT2D eigenvalue weighted by atomic mass is 19.1. The summed E-state index contributed by atoms with van der Waals surface area (Å²) in [4.78, 5) is 11.6. The van der Waals surface area contributed by atoms with Gasteiger partial charge in [-0.15, -0.1) is 0 Å². The van der Waals surface area contributed by atoms with Crippen LogP contribution in [0, 0.1) is 5.82 Å². The van der Waals surface area contributed by atoms with E-state index >= 15 is 0 Å². The number of carbonyl (C=O) groups is 1. The smallest absolute Gasteiger partial charge is 0.342 e. The minimum atomic E-state index is -0.583. The first-order valence-corrected chi connectivity index (χ1v) is 4.92. The van der Waals surface area contributed by atoms with E-state index in [1.807, 2.05) is 0 Å². The van der Waals surface area contributed by atoms with E-state index in [1.165, 1.54) is 6.07 Å². The molecule has 86 valence electrons. The molecule has 5 heteroatoms. The molecule has 1 aliphatic heterocycles. The third-order valence-electron chi connectivity index (χ3n) is 2.17. The number of hydrogen-bond donors (Lipinski definition) is 0. The van der Waals surface area contributed by atoms with Crippen molar-refractivity contribution in [2.45, 2.75) is 13.5 Å². The Labute approximate surface area is 91.9 Å². The van der Waals surface area contributed by atoms with Crippen molar-refractivity contribution >= 4 is 5.97 Å². The standard InChI is InChI=1S/C11H11FO4/c1-2-15-11(13)9-4-8(12)3-7-5-14-6-16-10(7)9/h3-4H,2,5-6H2,1H3. The lowest BCUT2D eigenvalue weighted by molar-refractivity contribution is -0.0176. The summed E-state index contributed by atoms with van der Waals surface area (Å²) >= 11 is 0. The van der Waals surface area contributed by atoms with Crippen molar-refractivity contribution in [1.29, 1.82) is 0 Å². The second-order valence-electron chi connectivity index (χ2n) is 3.27. The molecular weight excluding hydrogens is 215 g/mol. The Hall–Kier alpha value is -1.62. The van der Waals surface area contributed by atoms with E-state index in [0.717, 1.165) is 6.07 Å². The predicted molar refractivity (Wildman–Crippen MR) is 52.6 cm³/mol. The van der Waals surface area contributed by atoms with Crippen molar-refractivity contribution in [2.24, 2.45) is 0 Å². The third kappa shape index (κ3) is 1.99. The number of halogens is 1. The number of ether oxygens (including phenoxy) is 3. The zero-order chi connectivity index (χ0) is 11.5. The number of benzene rings is 1. The lowest BCUT2D eigenvalue weighted by Gasteiger charge is -2.19. The van der Waals surface area contributed by atoms with E-state index < -0.39 is 11.8 Å². The molecule has 0 amide bonds. The summed E-state index contributed by atoms with van der Waals surface area (Å²) in [5, 5.41) is 0. The maximum absolute atomic E-state index is 13.2. The minimum Gasteiger partial charge on any atom is -0.466 e. The number of carbonyl (C=O) groups excluding carboxylic acids is 1. The number of rotatable bonds is 2. The van der Waals surface area contributed by atoms with E-state index in [4.69, 9.17) is 14.2 Å². The summed E-state index contributed by atoms with van der Waals surface area (Å²) in [6.45, 7) is 2.22. The Morgan fingerprint density at radius 1 is 1.56 bits per heavy atom. The summed E-state index contributed by atoms with van der Waals surface area (Å²) in [5.41, 5.74) is 0.634. The summed E-state index contributed by atoms with van der Waals surface area (Å²) in [6.07, 6.45) is 0. The second kappa shape index (κ2) is 4.49. The molecular formula is C11H11FO4. The first-order valence-electron chi connectivity index (χ1n) is 4.92. The van der Waals surface area contributed by atoms with Crippen LogP contribution in [-0.4, -0.2) is 19.4 Å². The largest absolute Gasteiger partial charge is 0.466 e. The van der Waals surface area contributed by atoms with Crippen LogP contribution in [-0.2, 0) is 16.1 Å². The Morgan fingerprint density at radius 2 is 2.38 bits per heavy atom. The molecule has 0 spiro atoms. The van der Waals surface area contributed by atoms with Gasteiger partial charge >= 0.3 is 5.97 Å². The second-order valence-corrected chi connectivity index (χ2v) is 3.27. The summed E-state index contributed by atoms with van der Waals surface area (Å²) < 4.78 is 28.3. The zero-order valence-corrected chi connectivity index (χ0v) is 8.79. The van der Waals surface area contributed by atoms with Crippen molar-refractivity contribution in [2.75, 3.05) is 13.4 Å². The van der Waals surface area contributed by atoms with Crippen molar-refractivity contribution in [3.63, 3.8) is 0 Å². The SMILES string of the molecule is CCOC(=O)c1cc(F)cc2c1OCOC2. The van der Waals surface area contributed by atoms with Crippen LogP contribution in [0.5, 0.6) is 5.75 Å². The average molecular weight is 226 g/mol. The summed E-state index contributed by atoms with van der Waals surface area (Å²) in [7, 11) is 0. The van der Waals surface area contributed by atoms with Gasteiger partial charge in [0.25, 0.3) is 0 Å². The molecule has 0 unspecified atom stereocenters. The molecule has 1 aromatic carbocycles. The molecule has 0 aromatic heterocycles. The topological polar surface area (TPSA) is 44.8 Å². The van der Waals surface area contributed by atoms with Crippen LogP contribution in [0.25, 0.3) is 0 Å². The first-order chi connectivity index (χ1) is 7.72. The van der Waals surface area contributed by atoms with E-state index in [9.17, 15) is 9.18 Å². The van der Waals surface area contributed by atoms with Gasteiger partial charge in [-0.3, -0.25) is 0 Å². The Morgan fingerprint density at radius 3 is 3.12 bits per heavy atom. The van der Waals surface area contributed by atoms with Crippen molar-refractivity contribution in [3.8, 4) is 5.75 Å². The highest BCUT2D eigenvalue weighted by Gasteiger charge is 2.22. The van der Waals surface area contributed by atoms with Crippen LogP contribution < -0.4 is 4.74 Å². The molecule has 0 radical (unpaired) electrons. The molecule has 0 bridgehead atoms. The fourth-order valence-electron chi connectivity index (χ4n) is 1.54. The molecule has 2 rings (SSSR count). The Kier molecular flexibility index (Phi) is 3.05. The van der Waals surface area contributed by atoms with Crippen LogP contribution in [0.3, 0.4) is 0 Å². The predicted octanol–water partition coefficient (Wildman–Crippen LogP) is 1.87. The lowest BCUT2D eigenvalue weighted by Crippen LogP contribution is -2.16. The first kappa shape index (κ1) is 10.9. The summed E-state index contributed by atoms with van der Waals surface area (Å²) in [5.74, 6) is -0.734. The molecule has 1 aliphatic rings. The third-order valence-corrected chi connectivity index (χ3v) is 2.17. The lowest BCUT2D eigenvalue weighted by atomic mass is 10.1. The zero-order valence-electron chi connectivity index (χ0n) is 8.79. The van der Waals surface area contributed by atoms with Crippen molar-refractivity contribution in [1.82, 2.24) is 0 Å². The minimum absolute atomic E-state index is 0.0606. The molecule has 0 fully saturated rings. The van der Waals surface area contributed by atoms with Crippen LogP contribution in [0.15, 0.2) is 12.1 Å². The number of esters is 1. The monoisotopic (exact) mass is 226 g/mol. The molecule has 16 heavy (non-hydrogen) atoms.